The summed E-state index contributed by atoms with van der Waals surface area (Å²) < 4.78 is 9.67. The minimum atomic E-state index is -0.484. The Labute approximate surface area is 129 Å². The lowest BCUT2D eigenvalue weighted by atomic mass is 10.2. The standard InChI is InChI=1S/C12H12ClN3O2S2/c1-3-9-15-12(20-16-9)19-10-7(11(17)18-2)4-6(14)5-8(10)13/h4-5H,3,14H2,1-2H3. The molecule has 2 N–H and O–H groups in total. The predicted molar refractivity (Wildman–Crippen MR) is 80.6 cm³/mol. The number of ether oxygens (including phenoxy) is 1. The van der Waals surface area contributed by atoms with E-state index in [1.807, 2.05) is 6.92 Å². The lowest BCUT2D eigenvalue weighted by molar-refractivity contribution is 0.0597. The molecule has 0 aliphatic rings. The van der Waals surface area contributed by atoms with Crippen molar-refractivity contribution in [2.24, 2.45) is 0 Å². The van der Waals surface area contributed by atoms with E-state index >= 15 is 0 Å². The average Bonchev–Trinajstić information content (AvgIpc) is 2.88. The van der Waals surface area contributed by atoms with Crippen LogP contribution in [-0.2, 0) is 11.2 Å². The summed E-state index contributed by atoms with van der Waals surface area (Å²) in [5.41, 5.74) is 6.45. The number of benzene rings is 1. The Balaban J connectivity index is 2.41. The highest BCUT2D eigenvalue weighted by Gasteiger charge is 2.19. The predicted octanol–water partition coefficient (Wildman–Crippen LogP) is 3.27. The Hall–Kier alpha value is -1.31. The van der Waals surface area contributed by atoms with Gasteiger partial charge in [-0.05, 0) is 23.7 Å². The molecule has 5 nitrogen and oxygen atoms in total. The molecule has 20 heavy (non-hydrogen) atoms. The van der Waals surface area contributed by atoms with Crippen LogP contribution in [0.5, 0.6) is 0 Å². The molecule has 0 spiro atoms. The molecule has 8 heteroatoms. The normalized spacial score (nSPS) is 10.6. The topological polar surface area (TPSA) is 78.1 Å². The lowest BCUT2D eigenvalue weighted by Crippen LogP contribution is -2.04. The Morgan fingerprint density at radius 3 is 2.90 bits per heavy atom. The van der Waals surface area contributed by atoms with Crippen LogP contribution in [0.25, 0.3) is 0 Å². The maximum atomic E-state index is 11.8. The number of carbonyl (C=O) groups is 1. The van der Waals surface area contributed by atoms with Gasteiger partial charge in [-0.3, -0.25) is 0 Å². The number of aryl methyl sites for hydroxylation is 1. The largest absolute Gasteiger partial charge is 0.465 e. The average molecular weight is 330 g/mol. The van der Waals surface area contributed by atoms with Crippen molar-refractivity contribution < 1.29 is 9.53 Å². The van der Waals surface area contributed by atoms with E-state index in [1.54, 1.807) is 12.1 Å². The highest BCUT2D eigenvalue weighted by Crippen LogP contribution is 2.38. The van der Waals surface area contributed by atoms with Crippen molar-refractivity contribution >= 4 is 46.6 Å². The molecule has 0 radical (unpaired) electrons. The number of nitrogens with zero attached hydrogens (tertiary/aromatic N) is 2. The summed E-state index contributed by atoms with van der Waals surface area (Å²) in [6, 6.07) is 3.14. The van der Waals surface area contributed by atoms with E-state index in [9.17, 15) is 4.79 Å². The Kier molecular flexibility index (Phi) is 4.85. The first-order valence-corrected chi connectivity index (χ1v) is 7.69. The maximum absolute atomic E-state index is 11.8. The first-order valence-electron chi connectivity index (χ1n) is 5.73. The van der Waals surface area contributed by atoms with Gasteiger partial charge >= 0.3 is 5.97 Å². The number of rotatable bonds is 4. The van der Waals surface area contributed by atoms with Crippen LogP contribution in [0.4, 0.5) is 5.69 Å². The summed E-state index contributed by atoms with van der Waals surface area (Å²) in [6.07, 6.45) is 0.760. The van der Waals surface area contributed by atoms with Gasteiger partial charge in [0.2, 0.25) is 0 Å². The number of carbonyl (C=O) groups excluding carboxylic acids is 1. The highest BCUT2D eigenvalue weighted by molar-refractivity contribution is 8.01. The van der Waals surface area contributed by atoms with Gasteiger partial charge < -0.3 is 10.5 Å². The van der Waals surface area contributed by atoms with Gasteiger partial charge in [-0.15, -0.1) is 0 Å². The second-order valence-electron chi connectivity index (χ2n) is 3.80. The lowest BCUT2D eigenvalue weighted by Gasteiger charge is -2.09. The maximum Gasteiger partial charge on any atom is 0.339 e. The second kappa shape index (κ2) is 6.43. The van der Waals surface area contributed by atoms with Crippen LogP contribution in [0.1, 0.15) is 23.1 Å². The van der Waals surface area contributed by atoms with Crippen LogP contribution in [0, 0.1) is 0 Å². The zero-order chi connectivity index (χ0) is 14.7. The van der Waals surface area contributed by atoms with Gasteiger partial charge in [0, 0.05) is 17.0 Å². The van der Waals surface area contributed by atoms with E-state index in [-0.39, 0.29) is 0 Å². The number of nitrogen functional groups attached to an aromatic ring is 1. The molecular weight excluding hydrogens is 318 g/mol. The molecular formula is C12H12ClN3O2S2. The van der Waals surface area contributed by atoms with E-state index in [1.165, 1.54) is 30.4 Å². The summed E-state index contributed by atoms with van der Waals surface area (Å²) in [7, 11) is 1.31. The molecule has 0 amide bonds. The van der Waals surface area contributed by atoms with Gasteiger partial charge in [-0.2, -0.15) is 4.37 Å². The van der Waals surface area contributed by atoms with Gasteiger partial charge in [0.25, 0.3) is 0 Å². The smallest absolute Gasteiger partial charge is 0.339 e. The molecule has 0 aliphatic carbocycles. The van der Waals surface area contributed by atoms with E-state index < -0.39 is 5.97 Å². The molecule has 0 aliphatic heterocycles. The third kappa shape index (κ3) is 3.23. The van der Waals surface area contributed by atoms with Crippen molar-refractivity contribution in [1.29, 1.82) is 0 Å². The van der Waals surface area contributed by atoms with Crippen molar-refractivity contribution in [2.75, 3.05) is 12.8 Å². The minimum absolute atomic E-state index is 0.329. The molecule has 0 unspecified atom stereocenters. The zero-order valence-electron chi connectivity index (χ0n) is 10.8. The van der Waals surface area contributed by atoms with Crippen LogP contribution >= 0.6 is 34.9 Å². The fraction of sp³-hybridized carbons (Fsp3) is 0.250. The molecule has 1 aromatic carbocycles. The Morgan fingerprint density at radius 2 is 2.30 bits per heavy atom. The van der Waals surface area contributed by atoms with E-state index in [4.69, 9.17) is 22.1 Å². The SMILES string of the molecule is CCc1nsc(Sc2c(Cl)cc(N)cc2C(=O)OC)n1. The van der Waals surface area contributed by atoms with Crippen LogP contribution in [0.15, 0.2) is 21.4 Å². The summed E-state index contributed by atoms with van der Waals surface area (Å²) in [4.78, 5) is 16.7. The van der Waals surface area contributed by atoms with Crippen molar-refractivity contribution in [3.63, 3.8) is 0 Å². The zero-order valence-corrected chi connectivity index (χ0v) is 13.2. The number of esters is 1. The van der Waals surface area contributed by atoms with Crippen LogP contribution in [-0.4, -0.2) is 22.4 Å². The third-order valence-corrected chi connectivity index (χ3v) is 4.77. The van der Waals surface area contributed by atoms with Crippen molar-refractivity contribution in [2.45, 2.75) is 22.6 Å². The fourth-order valence-electron chi connectivity index (χ4n) is 1.49. The second-order valence-corrected chi connectivity index (χ2v) is 6.22. The number of hydrogen-bond acceptors (Lipinski definition) is 7. The molecule has 0 saturated carbocycles. The number of methoxy groups -OCH3 is 1. The van der Waals surface area contributed by atoms with E-state index in [2.05, 4.69) is 9.36 Å². The van der Waals surface area contributed by atoms with Crippen molar-refractivity contribution in [3.05, 3.63) is 28.5 Å². The number of anilines is 1. The third-order valence-electron chi connectivity index (χ3n) is 2.43. The Morgan fingerprint density at radius 1 is 1.55 bits per heavy atom. The summed E-state index contributed by atoms with van der Waals surface area (Å²) in [5.74, 6) is 0.283. The van der Waals surface area contributed by atoms with E-state index in [0.717, 1.165) is 16.6 Å². The van der Waals surface area contributed by atoms with Gasteiger partial charge in [-0.1, -0.05) is 30.3 Å². The first kappa shape index (κ1) is 15.1. The van der Waals surface area contributed by atoms with Crippen LogP contribution in [0.2, 0.25) is 5.02 Å². The molecule has 2 rings (SSSR count). The fourth-order valence-corrected chi connectivity index (χ4v) is 3.58. The minimum Gasteiger partial charge on any atom is -0.465 e. The molecule has 0 atom stereocenters. The van der Waals surface area contributed by atoms with Gasteiger partial charge in [0.1, 0.15) is 5.82 Å². The van der Waals surface area contributed by atoms with Gasteiger partial charge in [0.05, 0.1) is 17.7 Å². The summed E-state index contributed by atoms with van der Waals surface area (Å²) in [6.45, 7) is 1.98. The molecule has 106 valence electrons. The first-order chi connectivity index (χ1) is 9.55. The van der Waals surface area contributed by atoms with Crippen LogP contribution in [0.3, 0.4) is 0 Å². The molecule has 0 saturated heterocycles. The number of aromatic nitrogens is 2. The summed E-state index contributed by atoms with van der Waals surface area (Å²) >= 11 is 8.73. The monoisotopic (exact) mass is 329 g/mol. The quantitative estimate of drug-likeness (QED) is 0.685. The summed E-state index contributed by atoms with van der Waals surface area (Å²) in [5, 5.41) is 0.392. The molecule has 0 fully saturated rings. The van der Waals surface area contributed by atoms with Crippen LogP contribution < -0.4 is 5.73 Å². The number of nitrogens with two attached hydrogens (primary N) is 1. The number of halogens is 1. The molecule has 0 bridgehead atoms. The van der Waals surface area contributed by atoms with E-state index in [0.29, 0.717) is 21.2 Å². The molecule has 1 heterocycles. The Bertz CT molecular complexity index is 646. The van der Waals surface area contributed by atoms with Gasteiger partial charge in [0.15, 0.2) is 4.34 Å². The molecule has 1 aromatic heterocycles. The highest BCUT2D eigenvalue weighted by atomic mass is 35.5. The van der Waals surface area contributed by atoms with Crippen molar-refractivity contribution in [1.82, 2.24) is 9.36 Å². The van der Waals surface area contributed by atoms with Gasteiger partial charge in [-0.25, -0.2) is 9.78 Å². The van der Waals surface area contributed by atoms with Crippen molar-refractivity contribution in [3.8, 4) is 0 Å². The molecule has 2 aromatic rings. The number of hydrogen-bond donors (Lipinski definition) is 1.